The summed E-state index contributed by atoms with van der Waals surface area (Å²) in [5.41, 5.74) is 8.79. The Labute approximate surface area is 211 Å². The first kappa shape index (κ1) is 20.8. The Bertz CT molecular complexity index is 1540. The average molecular weight is 468 g/mol. The molecular formula is C31H25BN2O2. The van der Waals surface area contributed by atoms with Gasteiger partial charge in [-0.2, -0.15) is 0 Å². The van der Waals surface area contributed by atoms with Crippen molar-refractivity contribution < 1.29 is 13.8 Å². The van der Waals surface area contributed by atoms with E-state index in [0.29, 0.717) is 0 Å². The van der Waals surface area contributed by atoms with Crippen molar-refractivity contribution in [2.75, 3.05) is 19.0 Å². The highest BCUT2D eigenvalue weighted by molar-refractivity contribution is 6.75. The molecule has 0 saturated heterocycles. The summed E-state index contributed by atoms with van der Waals surface area (Å²) in [5, 5.41) is 0. The van der Waals surface area contributed by atoms with Crippen LogP contribution in [-0.2, 0) is 0 Å². The third kappa shape index (κ3) is 2.99. The van der Waals surface area contributed by atoms with E-state index in [1.54, 1.807) is 0 Å². The van der Waals surface area contributed by atoms with Crippen LogP contribution in [0.2, 0.25) is 0 Å². The number of benzene rings is 4. The first-order valence-electron chi connectivity index (χ1n) is 12.3. The van der Waals surface area contributed by atoms with Crippen LogP contribution in [0.25, 0.3) is 33.6 Å². The molecule has 0 amide bonds. The van der Waals surface area contributed by atoms with Gasteiger partial charge in [-0.15, -0.1) is 0 Å². The zero-order chi connectivity index (χ0) is 24.3. The molecule has 2 aliphatic heterocycles. The molecule has 0 radical (unpaired) electrons. The van der Waals surface area contributed by atoms with Gasteiger partial charge in [0.2, 0.25) is 0 Å². The van der Waals surface area contributed by atoms with E-state index >= 15 is 0 Å². The third-order valence-corrected chi connectivity index (χ3v) is 7.28. The molecule has 1 aromatic heterocycles. The second-order valence-electron chi connectivity index (χ2n) is 9.64. The van der Waals surface area contributed by atoms with Gasteiger partial charge in [0.05, 0.1) is 22.6 Å². The highest BCUT2D eigenvalue weighted by atomic mass is 16.6. The summed E-state index contributed by atoms with van der Waals surface area (Å²) >= 11 is 0. The number of fused-ring (bicyclic) bond motifs is 4. The van der Waals surface area contributed by atoms with E-state index in [1.165, 1.54) is 11.3 Å². The predicted molar refractivity (Wildman–Crippen MR) is 146 cm³/mol. The summed E-state index contributed by atoms with van der Waals surface area (Å²) in [7, 11) is 4.13. The number of anilines is 1. The lowest BCUT2D eigenvalue weighted by atomic mass is 9.59. The lowest BCUT2D eigenvalue weighted by Crippen LogP contribution is -2.83. The standard InChI is InChI=1S/C31H25BN2O2/c1-33(2)25-18-16-22(17-19-25)23-20-28-26-12-6-8-14-30(26)35-32(24-10-4-3-5-11-24)34(28)29(21-23)27-13-7-9-15-31(27)36-32/h3-21H,1-2H3. The fraction of sp³-hybridized carbons (Fsp3) is 0.0645. The monoisotopic (exact) mass is 468 g/mol. The summed E-state index contributed by atoms with van der Waals surface area (Å²) in [5.74, 6) is 1.65. The number of para-hydroxylation sites is 2. The Morgan fingerprint density at radius 3 is 1.67 bits per heavy atom. The van der Waals surface area contributed by atoms with Crippen LogP contribution in [0.3, 0.4) is 0 Å². The Morgan fingerprint density at radius 2 is 1.11 bits per heavy atom. The molecule has 3 heterocycles. The molecule has 7 rings (SSSR count). The number of nitrogens with zero attached hydrogens (tertiary/aromatic N) is 2. The quantitative estimate of drug-likeness (QED) is 0.326. The SMILES string of the molecule is CN(C)c1ccc(-c2cc3[n+]4c(c2)-c2ccccc2O[B-]4(c2ccccc2)Oc2ccccc2-3)cc1. The maximum absolute atomic E-state index is 6.86. The molecule has 0 bridgehead atoms. The second-order valence-corrected chi connectivity index (χ2v) is 9.64. The molecule has 0 unspecified atom stereocenters. The molecule has 0 fully saturated rings. The van der Waals surface area contributed by atoms with Gasteiger partial charge in [-0.05, 0) is 53.0 Å². The molecule has 0 aliphatic carbocycles. The lowest BCUT2D eigenvalue weighted by molar-refractivity contribution is -0.548. The van der Waals surface area contributed by atoms with Crippen molar-refractivity contribution in [2.45, 2.75) is 0 Å². The minimum atomic E-state index is -2.05. The molecule has 5 heteroatoms. The van der Waals surface area contributed by atoms with Crippen molar-refractivity contribution in [3.8, 4) is 45.1 Å². The van der Waals surface area contributed by atoms with Gasteiger partial charge < -0.3 is 18.7 Å². The molecule has 0 spiro atoms. The maximum Gasteiger partial charge on any atom is 0.685 e. The summed E-state index contributed by atoms with van der Waals surface area (Å²) in [6.07, 6.45) is 0. The topological polar surface area (TPSA) is 25.6 Å². The zero-order valence-corrected chi connectivity index (χ0v) is 20.3. The van der Waals surface area contributed by atoms with Crippen molar-refractivity contribution in [3.05, 3.63) is 115 Å². The molecule has 0 N–H and O–H groups in total. The maximum atomic E-state index is 6.86. The number of rotatable bonds is 3. The summed E-state index contributed by atoms with van der Waals surface area (Å²) in [6, 6.07) is 40.0. The summed E-state index contributed by atoms with van der Waals surface area (Å²) in [6.45, 7) is -2.05. The van der Waals surface area contributed by atoms with Gasteiger partial charge in [0, 0.05) is 31.9 Å². The van der Waals surface area contributed by atoms with Crippen molar-refractivity contribution >= 4 is 17.8 Å². The number of aromatic nitrogens is 1. The van der Waals surface area contributed by atoms with Gasteiger partial charge in [0.25, 0.3) is 0 Å². The van der Waals surface area contributed by atoms with Gasteiger partial charge in [-0.1, -0.05) is 66.7 Å². The lowest BCUT2D eigenvalue weighted by Gasteiger charge is -2.45. The number of pyridine rings is 1. The van der Waals surface area contributed by atoms with Crippen molar-refractivity contribution in [1.29, 1.82) is 0 Å². The smallest absolute Gasteiger partial charge is 0.618 e. The van der Waals surface area contributed by atoms with Crippen LogP contribution in [-0.4, -0.2) is 20.8 Å². The van der Waals surface area contributed by atoms with E-state index in [4.69, 9.17) is 9.31 Å². The minimum Gasteiger partial charge on any atom is -0.618 e. The molecule has 4 aromatic carbocycles. The minimum absolute atomic E-state index is 0.826. The normalized spacial score (nSPS) is 13.9. The molecule has 174 valence electrons. The van der Waals surface area contributed by atoms with Gasteiger partial charge in [0.1, 0.15) is 0 Å². The largest absolute Gasteiger partial charge is 0.685 e. The van der Waals surface area contributed by atoms with Gasteiger partial charge in [0.15, 0.2) is 11.4 Å². The Kier molecular flexibility index (Phi) is 4.49. The summed E-state index contributed by atoms with van der Waals surface area (Å²) in [4.78, 5) is 2.12. The van der Waals surface area contributed by atoms with Crippen LogP contribution < -0.4 is 24.1 Å². The van der Waals surface area contributed by atoms with E-state index in [1.807, 2.05) is 42.5 Å². The van der Waals surface area contributed by atoms with Crippen LogP contribution >= 0.6 is 0 Å². The van der Waals surface area contributed by atoms with Gasteiger partial charge in [-0.25, -0.2) is 0 Å². The number of hydrogen-bond acceptors (Lipinski definition) is 3. The van der Waals surface area contributed by atoms with Crippen LogP contribution in [0, 0.1) is 0 Å². The third-order valence-electron chi connectivity index (χ3n) is 7.28. The molecule has 4 nitrogen and oxygen atoms in total. The van der Waals surface area contributed by atoms with Crippen LogP contribution in [0.4, 0.5) is 5.69 Å². The number of hydrogen-bond donors (Lipinski definition) is 0. The molecule has 0 saturated carbocycles. The second kappa shape index (κ2) is 7.75. The van der Waals surface area contributed by atoms with E-state index in [9.17, 15) is 0 Å². The highest BCUT2D eigenvalue weighted by Gasteiger charge is 2.56. The molecule has 0 atom stereocenters. The van der Waals surface area contributed by atoms with Crippen molar-refractivity contribution in [1.82, 2.24) is 0 Å². The molecular weight excluding hydrogens is 443 g/mol. The Balaban J connectivity index is 1.57. The first-order chi connectivity index (χ1) is 17.6. The molecule has 5 aromatic rings. The van der Waals surface area contributed by atoms with Gasteiger partial charge in [-0.3, -0.25) is 0 Å². The van der Waals surface area contributed by atoms with Crippen molar-refractivity contribution in [3.63, 3.8) is 0 Å². The van der Waals surface area contributed by atoms with Gasteiger partial charge >= 0.3 is 6.69 Å². The zero-order valence-electron chi connectivity index (χ0n) is 20.3. The van der Waals surface area contributed by atoms with E-state index in [-0.39, 0.29) is 0 Å². The Hall–Kier alpha value is -4.51. The fourth-order valence-corrected chi connectivity index (χ4v) is 5.52. The van der Waals surface area contributed by atoms with Crippen LogP contribution in [0.1, 0.15) is 0 Å². The molecule has 2 aliphatic rings. The summed E-state index contributed by atoms with van der Waals surface area (Å²) < 4.78 is 16.0. The van der Waals surface area contributed by atoms with Crippen LogP contribution in [0.15, 0.2) is 115 Å². The van der Waals surface area contributed by atoms with E-state index < -0.39 is 6.69 Å². The van der Waals surface area contributed by atoms with Crippen LogP contribution in [0.5, 0.6) is 11.5 Å². The molecule has 36 heavy (non-hydrogen) atoms. The Morgan fingerprint density at radius 1 is 0.583 bits per heavy atom. The fourth-order valence-electron chi connectivity index (χ4n) is 5.52. The average Bonchev–Trinajstić information content (AvgIpc) is 2.93. The predicted octanol–water partition coefficient (Wildman–Crippen LogP) is 5.52. The highest BCUT2D eigenvalue weighted by Crippen LogP contribution is 2.43. The first-order valence-corrected chi connectivity index (χ1v) is 12.3. The van der Waals surface area contributed by atoms with E-state index in [2.05, 4.69) is 96.3 Å². The van der Waals surface area contributed by atoms with E-state index in [0.717, 1.165) is 45.0 Å². The van der Waals surface area contributed by atoms with Crippen molar-refractivity contribution in [2.24, 2.45) is 0 Å².